The number of anilines is 1. The van der Waals surface area contributed by atoms with Crippen molar-refractivity contribution in [1.29, 1.82) is 5.26 Å². The molecule has 2 aromatic carbocycles. The molecule has 0 aliphatic carbocycles. The van der Waals surface area contributed by atoms with Crippen LogP contribution in [0.4, 0.5) is 14.5 Å². The highest BCUT2D eigenvalue weighted by Gasteiger charge is 2.40. The molecule has 11 heteroatoms. The second-order valence-corrected chi connectivity index (χ2v) is 12.3. The van der Waals surface area contributed by atoms with Crippen molar-refractivity contribution in [3.8, 4) is 6.07 Å². The maximum absolute atomic E-state index is 14.9. The van der Waals surface area contributed by atoms with Gasteiger partial charge in [0.2, 0.25) is 10.0 Å². The Morgan fingerprint density at radius 3 is 2.33 bits per heavy atom. The van der Waals surface area contributed by atoms with Gasteiger partial charge in [-0.1, -0.05) is 12.1 Å². The van der Waals surface area contributed by atoms with E-state index in [9.17, 15) is 27.3 Å². The van der Waals surface area contributed by atoms with Crippen LogP contribution in [-0.2, 0) is 15.4 Å². The molecule has 1 amide bonds. The lowest BCUT2D eigenvalue weighted by atomic mass is 9.73. The van der Waals surface area contributed by atoms with Crippen molar-refractivity contribution in [2.75, 3.05) is 50.4 Å². The van der Waals surface area contributed by atoms with Crippen molar-refractivity contribution in [2.24, 2.45) is 0 Å². The summed E-state index contributed by atoms with van der Waals surface area (Å²) < 4.78 is 54.5. The van der Waals surface area contributed by atoms with E-state index in [1.54, 1.807) is 30.0 Å². The Bertz CT molecular complexity index is 1590. The van der Waals surface area contributed by atoms with Crippen LogP contribution in [0, 0.1) is 29.9 Å². The van der Waals surface area contributed by atoms with E-state index < -0.39 is 27.1 Å². The van der Waals surface area contributed by atoms with Gasteiger partial charge in [0.05, 0.1) is 34.5 Å². The molecule has 0 bridgehead atoms. The van der Waals surface area contributed by atoms with Crippen LogP contribution in [0.15, 0.2) is 42.6 Å². The summed E-state index contributed by atoms with van der Waals surface area (Å²) in [5, 5.41) is 10.6. The number of hydrogen-bond donors (Lipinski definition) is 0. The molecule has 0 spiro atoms. The Morgan fingerprint density at radius 1 is 1.03 bits per heavy atom. The van der Waals surface area contributed by atoms with Crippen LogP contribution in [0.1, 0.15) is 34.3 Å². The number of carbonyl (C=O) groups is 1. The molecule has 2 aliphatic rings. The molecule has 1 aromatic heterocycles. The third-order valence-corrected chi connectivity index (χ3v) is 9.12. The number of halogens is 2. The van der Waals surface area contributed by atoms with Gasteiger partial charge >= 0.3 is 0 Å². The molecule has 0 saturated carbocycles. The minimum Gasteiger partial charge on any atom is -0.370 e. The van der Waals surface area contributed by atoms with Crippen LogP contribution < -0.4 is 4.90 Å². The van der Waals surface area contributed by atoms with Crippen LogP contribution in [0.5, 0.6) is 0 Å². The molecule has 3 heterocycles. The number of aromatic nitrogens is 1. The molecule has 2 fully saturated rings. The van der Waals surface area contributed by atoms with Gasteiger partial charge in [0.1, 0.15) is 11.6 Å². The van der Waals surface area contributed by atoms with E-state index in [0.717, 1.165) is 11.8 Å². The zero-order valence-electron chi connectivity index (χ0n) is 21.8. The number of fused-ring (bicyclic) bond motifs is 1. The number of pyridine rings is 1. The number of aryl methyl sites for hydroxylation is 1. The molecule has 8 nitrogen and oxygen atoms in total. The van der Waals surface area contributed by atoms with E-state index in [1.165, 1.54) is 28.7 Å². The van der Waals surface area contributed by atoms with E-state index >= 15 is 0 Å². The van der Waals surface area contributed by atoms with E-state index in [4.69, 9.17) is 0 Å². The van der Waals surface area contributed by atoms with Crippen molar-refractivity contribution in [1.82, 2.24) is 14.2 Å². The summed E-state index contributed by atoms with van der Waals surface area (Å²) >= 11 is 0. The highest BCUT2D eigenvalue weighted by atomic mass is 32.2. The molecule has 3 aromatic rings. The summed E-state index contributed by atoms with van der Waals surface area (Å²) in [6.07, 6.45) is 3.27. The number of piperidine rings is 1. The first kappa shape index (κ1) is 27.0. The zero-order valence-corrected chi connectivity index (χ0v) is 22.6. The largest absolute Gasteiger partial charge is 0.370 e. The van der Waals surface area contributed by atoms with Crippen molar-refractivity contribution >= 4 is 32.5 Å². The summed E-state index contributed by atoms with van der Waals surface area (Å²) in [7, 11) is -3.36. The van der Waals surface area contributed by atoms with E-state index in [2.05, 4.69) is 11.1 Å². The Labute approximate surface area is 226 Å². The molecule has 2 saturated heterocycles. The minimum atomic E-state index is -3.36. The predicted molar refractivity (Wildman–Crippen MR) is 144 cm³/mol. The molecular weight excluding hydrogens is 524 g/mol. The third-order valence-electron chi connectivity index (χ3n) is 7.81. The summed E-state index contributed by atoms with van der Waals surface area (Å²) in [5.41, 5.74) is 1.44. The fourth-order valence-corrected chi connectivity index (χ4v) is 6.43. The highest BCUT2D eigenvalue weighted by Crippen LogP contribution is 2.40. The van der Waals surface area contributed by atoms with Gasteiger partial charge in [0.25, 0.3) is 5.91 Å². The molecule has 39 heavy (non-hydrogen) atoms. The smallest absolute Gasteiger partial charge is 0.257 e. The van der Waals surface area contributed by atoms with Crippen LogP contribution in [-0.4, -0.2) is 74.0 Å². The lowest BCUT2D eigenvalue weighted by Gasteiger charge is -2.40. The first-order chi connectivity index (χ1) is 18.5. The summed E-state index contributed by atoms with van der Waals surface area (Å²) in [6.45, 7) is 3.30. The van der Waals surface area contributed by atoms with Crippen molar-refractivity contribution in [3.63, 3.8) is 0 Å². The van der Waals surface area contributed by atoms with Crippen LogP contribution in [0.3, 0.4) is 0 Å². The maximum atomic E-state index is 14.9. The lowest BCUT2D eigenvalue weighted by molar-refractivity contribution is 0.0698. The normalized spacial score (nSPS) is 18.2. The monoisotopic (exact) mass is 553 g/mol. The molecule has 204 valence electrons. The molecule has 0 radical (unpaired) electrons. The Hall–Kier alpha value is -3.62. The predicted octanol–water partition coefficient (Wildman–Crippen LogP) is 3.60. The number of piperazine rings is 1. The molecule has 0 atom stereocenters. The van der Waals surface area contributed by atoms with Crippen LogP contribution in [0.25, 0.3) is 10.9 Å². The Balaban J connectivity index is 1.49. The Kier molecular flexibility index (Phi) is 7.03. The second-order valence-electron chi connectivity index (χ2n) is 10.3. The summed E-state index contributed by atoms with van der Waals surface area (Å²) in [5.74, 6) is -1.20. The number of sulfonamides is 1. The number of amides is 1. The van der Waals surface area contributed by atoms with Gasteiger partial charge in [0.15, 0.2) is 0 Å². The number of rotatable bonds is 4. The van der Waals surface area contributed by atoms with Crippen molar-refractivity contribution in [3.05, 3.63) is 70.9 Å². The molecule has 0 N–H and O–H groups in total. The summed E-state index contributed by atoms with van der Waals surface area (Å²) in [6, 6.07) is 11.5. The number of benzene rings is 2. The summed E-state index contributed by atoms with van der Waals surface area (Å²) in [4.78, 5) is 21.7. The van der Waals surface area contributed by atoms with Gasteiger partial charge in [-0.25, -0.2) is 17.2 Å². The standard InChI is InChI=1S/C28H29F2N5O3S/c1-19-3-5-23(24(30)15-19)28(18-31)7-9-33(10-8-28)26-21-16-20(29)4-6-25(21)32-17-22(26)27(36)34-11-13-35(14-12-34)39(2,37)38/h3-6,15-17H,7-14H2,1-2H3. The van der Waals surface area contributed by atoms with Gasteiger partial charge < -0.3 is 9.80 Å². The third kappa shape index (κ3) is 5.06. The average molecular weight is 554 g/mol. The quantitative estimate of drug-likeness (QED) is 0.490. The first-order valence-electron chi connectivity index (χ1n) is 12.8. The molecule has 2 aliphatic heterocycles. The van der Waals surface area contributed by atoms with E-state index in [0.29, 0.717) is 48.1 Å². The fourth-order valence-electron chi connectivity index (χ4n) is 5.60. The van der Waals surface area contributed by atoms with E-state index in [-0.39, 0.29) is 37.6 Å². The van der Waals surface area contributed by atoms with Crippen LogP contribution in [0.2, 0.25) is 0 Å². The minimum absolute atomic E-state index is 0.187. The van der Waals surface area contributed by atoms with Crippen molar-refractivity contribution in [2.45, 2.75) is 25.2 Å². The lowest BCUT2D eigenvalue weighted by Crippen LogP contribution is -2.50. The van der Waals surface area contributed by atoms with Gasteiger partial charge in [-0.15, -0.1) is 0 Å². The molecule has 0 unspecified atom stereocenters. The maximum Gasteiger partial charge on any atom is 0.257 e. The average Bonchev–Trinajstić information content (AvgIpc) is 2.92. The fraction of sp³-hybridized carbons (Fsp3) is 0.393. The second kappa shape index (κ2) is 10.2. The van der Waals surface area contributed by atoms with Gasteiger partial charge in [-0.3, -0.25) is 9.78 Å². The number of carbonyl (C=O) groups excluding carboxylic acids is 1. The highest BCUT2D eigenvalue weighted by molar-refractivity contribution is 7.88. The SMILES string of the molecule is Cc1ccc(C2(C#N)CCN(c3c(C(=O)N4CCN(S(C)(=O)=O)CC4)cnc4ccc(F)cc34)CC2)c(F)c1. The zero-order chi connectivity index (χ0) is 27.9. The number of nitriles is 1. The topological polar surface area (TPSA) is 97.6 Å². The van der Waals surface area contributed by atoms with Gasteiger partial charge in [-0.05, 0) is 49.6 Å². The Morgan fingerprint density at radius 2 is 1.72 bits per heavy atom. The number of nitrogens with zero attached hydrogens (tertiary/aromatic N) is 5. The van der Waals surface area contributed by atoms with Gasteiger partial charge in [0, 0.05) is 56.4 Å². The van der Waals surface area contributed by atoms with E-state index in [1.807, 2.05) is 4.90 Å². The first-order valence-corrected chi connectivity index (χ1v) is 14.6. The molecule has 5 rings (SSSR count). The molecular formula is C28H29F2N5O3S. The van der Waals surface area contributed by atoms with Gasteiger partial charge in [-0.2, -0.15) is 9.57 Å². The van der Waals surface area contributed by atoms with Crippen LogP contribution >= 0.6 is 0 Å². The van der Waals surface area contributed by atoms with Crippen molar-refractivity contribution < 1.29 is 22.0 Å². The number of hydrogen-bond acceptors (Lipinski definition) is 6.